The van der Waals surface area contributed by atoms with Crippen molar-refractivity contribution < 1.29 is 14.6 Å². The van der Waals surface area contributed by atoms with Crippen molar-refractivity contribution in [3.63, 3.8) is 0 Å². The number of ether oxygens (including phenoxy) is 1. The lowest BCUT2D eigenvalue weighted by atomic mass is 10.2. The highest BCUT2D eigenvalue weighted by molar-refractivity contribution is 5.76. The van der Waals surface area contributed by atoms with Gasteiger partial charge in [0.2, 0.25) is 5.95 Å². The van der Waals surface area contributed by atoms with Gasteiger partial charge in [0.25, 0.3) is 0 Å². The van der Waals surface area contributed by atoms with E-state index in [2.05, 4.69) is 37.6 Å². The number of nitrogens with zero attached hydrogens (tertiary/aromatic N) is 4. The Balaban J connectivity index is 1.42. The fourth-order valence-electron chi connectivity index (χ4n) is 3.55. The van der Waals surface area contributed by atoms with Gasteiger partial charge < -0.3 is 25.0 Å². The zero-order valence-electron chi connectivity index (χ0n) is 16.8. The number of benzene rings is 1. The number of hydrogen-bond acceptors (Lipinski definition) is 6. The minimum atomic E-state index is -1.00. The lowest BCUT2D eigenvalue weighted by molar-refractivity contribution is 0.0342. The highest BCUT2D eigenvalue weighted by Crippen LogP contribution is 2.19. The van der Waals surface area contributed by atoms with Gasteiger partial charge in [0.1, 0.15) is 5.65 Å². The first-order valence-electron chi connectivity index (χ1n) is 10.1. The molecule has 3 heterocycles. The van der Waals surface area contributed by atoms with E-state index in [-0.39, 0.29) is 0 Å². The van der Waals surface area contributed by atoms with Crippen LogP contribution in [0, 0.1) is 0 Å². The lowest BCUT2D eigenvalue weighted by Crippen LogP contribution is -2.35. The van der Waals surface area contributed by atoms with Crippen LogP contribution in [0.3, 0.4) is 0 Å². The molecule has 2 aromatic heterocycles. The summed E-state index contributed by atoms with van der Waals surface area (Å²) >= 11 is 0. The van der Waals surface area contributed by atoms with Crippen molar-refractivity contribution in [2.24, 2.45) is 0 Å². The number of hydrogen-bond donors (Lipinski definition) is 3. The van der Waals surface area contributed by atoms with E-state index in [9.17, 15) is 4.79 Å². The van der Waals surface area contributed by atoms with Crippen LogP contribution < -0.4 is 10.6 Å². The molecule has 9 nitrogen and oxygen atoms in total. The van der Waals surface area contributed by atoms with Crippen molar-refractivity contribution >= 4 is 28.8 Å². The predicted octanol–water partition coefficient (Wildman–Crippen LogP) is 2.66. The van der Waals surface area contributed by atoms with Crippen LogP contribution in [0.2, 0.25) is 0 Å². The SMILES string of the molecule is O=C(O)NCCCn1ccc2cnc(Nc3cccc(CN4CCOCC4)c3)nc21. The predicted molar refractivity (Wildman–Crippen MR) is 114 cm³/mol. The van der Waals surface area contributed by atoms with Gasteiger partial charge in [-0.1, -0.05) is 12.1 Å². The molecule has 4 rings (SSSR count). The van der Waals surface area contributed by atoms with Gasteiger partial charge in [0.05, 0.1) is 13.2 Å². The van der Waals surface area contributed by atoms with E-state index in [1.807, 2.05) is 29.0 Å². The number of carboxylic acid groups (broad SMARTS) is 1. The van der Waals surface area contributed by atoms with Gasteiger partial charge in [-0.3, -0.25) is 4.90 Å². The molecule has 0 saturated carbocycles. The molecule has 1 saturated heterocycles. The summed E-state index contributed by atoms with van der Waals surface area (Å²) in [6.45, 7) is 5.46. The third-order valence-electron chi connectivity index (χ3n) is 5.05. The summed E-state index contributed by atoms with van der Waals surface area (Å²) in [7, 11) is 0. The first kappa shape index (κ1) is 20.1. The molecule has 0 radical (unpaired) electrons. The van der Waals surface area contributed by atoms with E-state index in [1.165, 1.54) is 5.56 Å². The van der Waals surface area contributed by atoms with Crippen LogP contribution in [0.15, 0.2) is 42.7 Å². The molecule has 3 N–H and O–H groups in total. The Morgan fingerprint density at radius 2 is 2.10 bits per heavy atom. The zero-order valence-corrected chi connectivity index (χ0v) is 16.8. The molecule has 1 amide bonds. The fourth-order valence-corrected chi connectivity index (χ4v) is 3.55. The first-order chi connectivity index (χ1) is 14.7. The highest BCUT2D eigenvalue weighted by Gasteiger charge is 2.11. The Morgan fingerprint density at radius 1 is 1.23 bits per heavy atom. The molecule has 0 atom stereocenters. The molecular weight excluding hydrogens is 384 g/mol. The van der Waals surface area contributed by atoms with Crippen LogP contribution >= 0.6 is 0 Å². The smallest absolute Gasteiger partial charge is 0.404 e. The minimum Gasteiger partial charge on any atom is -0.465 e. The molecule has 0 bridgehead atoms. The maximum atomic E-state index is 10.6. The summed E-state index contributed by atoms with van der Waals surface area (Å²) in [6, 6.07) is 10.3. The Kier molecular flexibility index (Phi) is 6.41. The number of carbonyl (C=O) groups is 1. The van der Waals surface area contributed by atoms with Crippen LogP contribution in [0.1, 0.15) is 12.0 Å². The van der Waals surface area contributed by atoms with E-state index < -0.39 is 6.09 Å². The number of nitrogens with one attached hydrogen (secondary N) is 2. The van der Waals surface area contributed by atoms with Crippen molar-refractivity contribution in [3.05, 3.63) is 48.3 Å². The quantitative estimate of drug-likeness (QED) is 0.491. The average Bonchev–Trinajstić information content (AvgIpc) is 3.14. The standard InChI is InChI=1S/C21H26N6O3/c28-21(29)22-6-2-7-27-8-5-17-14-23-20(25-19(17)27)24-18-4-1-3-16(13-18)15-26-9-11-30-12-10-26/h1,3-5,8,13-14,22H,2,6-7,9-12,15H2,(H,28,29)(H,23,24,25). The summed E-state index contributed by atoms with van der Waals surface area (Å²) < 4.78 is 7.43. The minimum absolute atomic E-state index is 0.404. The Morgan fingerprint density at radius 3 is 2.93 bits per heavy atom. The van der Waals surface area contributed by atoms with E-state index in [1.54, 1.807) is 6.20 Å². The zero-order chi connectivity index (χ0) is 20.8. The van der Waals surface area contributed by atoms with Gasteiger partial charge >= 0.3 is 6.09 Å². The second-order valence-corrected chi connectivity index (χ2v) is 7.28. The molecule has 1 fully saturated rings. The number of amides is 1. The molecule has 1 aliphatic heterocycles. The van der Waals surface area contributed by atoms with Gasteiger partial charge in [-0.2, -0.15) is 4.98 Å². The van der Waals surface area contributed by atoms with Crippen molar-refractivity contribution in [2.45, 2.75) is 19.5 Å². The summed E-state index contributed by atoms with van der Waals surface area (Å²) in [4.78, 5) is 22.1. The molecule has 0 aliphatic carbocycles. The number of aromatic nitrogens is 3. The van der Waals surface area contributed by atoms with Gasteiger partial charge in [0.15, 0.2) is 0 Å². The Bertz CT molecular complexity index is 999. The second-order valence-electron chi connectivity index (χ2n) is 7.28. The van der Waals surface area contributed by atoms with E-state index in [0.717, 1.165) is 49.6 Å². The van der Waals surface area contributed by atoms with Crippen LogP contribution in [-0.2, 0) is 17.8 Å². The van der Waals surface area contributed by atoms with E-state index in [4.69, 9.17) is 9.84 Å². The normalized spacial score (nSPS) is 14.7. The van der Waals surface area contributed by atoms with Crippen molar-refractivity contribution in [1.82, 2.24) is 24.8 Å². The Labute approximate surface area is 174 Å². The van der Waals surface area contributed by atoms with Crippen LogP contribution in [0.4, 0.5) is 16.4 Å². The Hall–Kier alpha value is -3.17. The summed E-state index contributed by atoms with van der Waals surface area (Å²) in [5, 5.41) is 15.3. The molecular formula is C21H26N6O3. The van der Waals surface area contributed by atoms with Gasteiger partial charge in [-0.05, 0) is 30.2 Å². The summed E-state index contributed by atoms with van der Waals surface area (Å²) in [5.41, 5.74) is 3.01. The largest absolute Gasteiger partial charge is 0.465 e. The third-order valence-corrected chi connectivity index (χ3v) is 5.05. The third kappa shape index (κ3) is 5.25. The molecule has 0 spiro atoms. The monoisotopic (exact) mass is 410 g/mol. The number of rotatable bonds is 8. The fraction of sp³-hybridized carbons (Fsp3) is 0.381. The molecule has 1 aromatic carbocycles. The van der Waals surface area contributed by atoms with Gasteiger partial charge in [-0.25, -0.2) is 9.78 Å². The van der Waals surface area contributed by atoms with Gasteiger partial charge in [0, 0.05) is 56.2 Å². The summed E-state index contributed by atoms with van der Waals surface area (Å²) in [5.74, 6) is 0.537. The van der Waals surface area contributed by atoms with Crippen LogP contribution in [0.5, 0.6) is 0 Å². The molecule has 0 unspecified atom stereocenters. The summed E-state index contributed by atoms with van der Waals surface area (Å²) in [6.07, 6.45) is 3.44. The maximum absolute atomic E-state index is 10.6. The number of fused-ring (bicyclic) bond motifs is 1. The van der Waals surface area contributed by atoms with Crippen molar-refractivity contribution in [3.8, 4) is 0 Å². The van der Waals surface area contributed by atoms with Crippen LogP contribution in [0.25, 0.3) is 11.0 Å². The highest BCUT2D eigenvalue weighted by atomic mass is 16.5. The van der Waals surface area contributed by atoms with Gasteiger partial charge in [-0.15, -0.1) is 0 Å². The number of anilines is 2. The first-order valence-corrected chi connectivity index (χ1v) is 10.1. The molecule has 3 aromatic rings. The van der Waals surface area contributed by atoms with E-state index in [0.29, 0.717) is 25.5 Å². The van der Waals surface area contributed by atoms with Crippen molar-refractivity contribution in [1.29, 1.82) is 0 Å². The lowest BCUT2D eigenvalue weighted by Gasteiger charge is -2.26. The number of morpholine rings is 1. The van der Waals surface area contributed by atoms with Crippen LogP contribution in [-0.4, -0.2) is 63.5 Å². The maximum Gasteiger partial charge on any atom is 0.404 e. The topological polar surface area (TPSA) is 105 Å². The molecule has 1 aliphatic rings. The second kappa shape index (κ2) is 9.55. The number of aryl methyl sites for hydroxylation is 1. The van der Waals surface area contributed by atoms with E-state index >= 15 is 0 Å². The molecule has 158 valence electrons. The van der Waals surface area contributed by atoms with Crippen molar-refractivity contribution in [2.75, 3.05) is 38.2 Å². The molecule has 9 heteroatoms. The molecule has 30 heavy (non-hydrogen) atoms. The average molecular weight is 410 g/mol.